The number of carbonyl (C=O) groups excluding carboxylic acids is 3. The summed E-state index contributed by atoms with van der Waals surface area (Å²) in [6, 6.07) is 26.7. The number of nitrogens with zero attached hydrogens (tertiary/aromatic N) is 1. The molecule has 0 saturated heterocycles. The molecule has 0 fully saturated rings. The van der Waals surface area contributed by atoms with Crippen molar-refractivity contribution in [2.75, 3.05) is 24.2 Å². The van der Waals surface area contributed by atoms with Crippen molar-refractivity contribution < 1.29 is 27.6 Å². The zero-order valence-corrected chi connectivity index (χ0v) is 25.8. The molecule has 0 radical (unpaired) electrons. The third-order valence-corrected chi connectivity index (χ3v) is 8.06. The second kappa shape index (κ2) is 15.4. The molecule has 4 aromatic carbocycles. The topological polar surface area (TPSA) is 78.5 Å². The van der Waals surface area contributed by atoms with Crippen molar-refractivity contribution in [3.05, 3.63) is 120 Å². The van der Waals surface area contributed by atoms with E-state index in [1.807, 2.05) is 44.2 Å². The lowest BCUT2D eigenvalue weighted by Crippen LogP contribution is -2.43. The number of anilines is 1. The first-order chi connectivity index (χ1) is 21.6. The fraction of sp³-hybridized carbons (Fsp3) is 0.229. The molecule has 0 aliphatic heterocycles. The van der Waals surface area contributed by atoms with Gasteiger partial charge in [0.25, 0.3) is 5.91 Å². The van der Waals surface area contributed by atoms with Crippen molar-refractivity contribution in [2.24, 2.45) is 0 Å². The molecule has 2 N–H and O–H groups in total. The van der Waals surface area contributed by atoms with Gasteiger partial charge in [-0.2, -0.15) is 13.2 Å². The van der Waals surface area contributed by atoms with Crippen LogP contribution in [0.5, 0.6) is 0 Å². The van der Waals surface area contributed by atoms with Crippen LogP contribution in [0.25, 0.3) is 11.1 Å². The van der Waals surface area contributed by atoms with Gasteiger partial charge in [0.05, 0.1) is 11.3 Å². The van der Waals surface area contributed by atoms with E-state index in [0.717, 1.165) is 29.0 Å². The molecule has 10 heteroatoms. The number of thioether (sulfide) groups is 1. The van der Waals surface area contributed by atoms with Crippen LogP contribution < -0.4 is 10.6 Å². The number of rotatable bonds is 12. The first kappa shape index (κ1) is 33.3. The number of carbonyl (C=O) groups is 3. The Labute approximate surface area is 265 Å². The van der Waals surface area contributed by atoms with Gasteiger partial charge in [0.1, 0.15) is 6.04 Å². The Morgan fingerprint density at radius 1 is 0.822 bits per heavy atom. The predicted molar refractivity (Wildman–Crippen MR) is 172 cm³/mol. The zero-order chi connectivity index (χ0) is 32.4. The van der Waals surface area contributed by atoms with Crippen LogP contribution in [0, 0.1) is 0 Å². The molecular weight excluding hydrogens is 599 g/mol. The maximum absolute atomic E-state index is 13.3. The van der Waals surface area contributed by atoms with Crippen LogP contribution in [-0.4, -0.2) is 41.5 Å². The van der Waals surface area contributed by atoms with E-state index in [4.69, 9.17) is 0 Å². The maximum Gasteiger partial charge on any atom is 0.416 e. The summed E-state index contributed by atoms with van der Waals surface area (Å²) in [6.07, 6.45) is -3.63. The second-order valence-corrected chi connectivity index (χ2v) is 11.3. The Balaban J connectivity index is 1.38. The molecule has 0 unspecified atom stereocenters. The number of nitrogens with one attached hydrogen (secondary N) is 2. The Morgan fingerprint density at radius 2 is 1.47 bits per heavy atom. The van der Waals surface area contributed by atoms with Crippen molar-refractivity contribution in [2.45, 2.75) is 37.4 Å². The van der Waals surface area contributed by atoms with Crippen molar-refractivity contribution in [1.82, 2.24) is 10.2 Å². The smallest absolute Gasteiger partial charge is 0.341 e. The Bertz CT molecular complexity index is 1590. The number of halogens is 3. The Hall–Kier alpha value is -4.57. The van der Waals surface area contributed by atoms with E-state index in [0.29, 0.717) is 35.5 Å². The molecule has 0 bridgehead atoms. The van der Waals surface area contributed by atoms with Gasteiger partial charge in [0, 0.05) is 29.2 Å². The van der Waals surface area contributed by atoms with E-state index in [2.05, 4.69) is 10.6 Å². The molecule has 4 aromatic rings. The van der Waals surface area contributed by atoms with Crippen LogP contribution in [0.3, 0.4) is 0 Å². The van der Waals surface area contributed by atoms with Gasteiger partial charge in [-0.25, -0.2) is 0 Å². The van der Waals surface area contributed by atoms with Crippen LogP contribution in [-0.2, 0) is 15.8 Å². The molecule has 234 valence electrons. The van der Waals surface area contributed by atoms with Gasteiger partial charge in [-0.1, -0.05) is 67.6 Å². The average molecular weight is 634 g/mol. The minimum atomic E-state index is -4.45. The Kier molecular flexibility index (Phi) is 11.4. The molecule has 1 atom stereocenters. The van der Waals surface area contributed by atoms with Gasteiger partial charge < -0.3 is 15.5 Å². The van der Waals surface area contributed by atoms with E-state index in [9.17, 15) is 27.6 Å². The van der Waals surface area contributed by atoms with Crippen molar-refractivity contribution in [1.29, 1.82) is 0 Å². The SMILES string of the molecule is CCCN(CC)C(=O)[C@@H](NC(=O)CSc1ccc(NC(=O)c2ccccc2-c2ccc(C(F)(F)F)cc2)cc1)c1ccccc1. The highest BCUT2D eigenvalue weighted by Crippen LogP contribution is 2.32. The van der Waals surface area contributed by atoms with Gasteiger partial charge in [0.2, 0.25) is 11.8 Å². The quantitative estimate of drug-likeness (QED) is 0.156. The zero-order valence-electron chi connectivity index (χ0n) is 24.9. The van der Waals surface area contributed by atoms with Crippen LogP contribution >= 0.6 is 11.8 Å². The highest BCUT2D eigenvalue weighted by molar-refractivity contribution is 8.00. The minimum absolute atomic E-state index is 0.0860. The fourth-order valence-electron chi connectivity index (χ4n) is 4.77. The lowest BCUT2D eigenvalue weighted by molar-refractivity contribution is -0.137. The first-order valence-electron chi connectivity index (χ1n) is 14.5. The summed E-state index contributed by atoms with van der Waals surface area (Å²) in [6.45, 7) is 5.07. The normalized spacial score (nSPS) is 11.8. The summed E-state index contributed by atoms with van der Waals surface area (Å²) < 4.78 is 39.0. The van der Waals surface area contributed by atoms with Crippen LogP contribution in [0.2, 0.25) is 0 Å². The summed E-state index contributed by atoms with van der Waals surface area (Å²) in [5, 5.41) is 5.73. The lowest BCUT2D eigenvalue weighted by atomic mass is 9.98. The molecule has 0 heterocycles. The van der Waals surface area contributed by atoms with Gasteiger partial charge >= 0.3 is 6.18 Å². The van der Waals surface area contributed by atoms with Crippen LogP contribution in [0.1, 0.15) is 47.8 Å². The predicted octanol–water partition coefficient (Wildman–Crippen LogP) is 7.83. The monoisotopic (exact) mass is 633 g/mol. The molecule has 45 heavy (non-hydrogen) atoms. The lowest BCUT2D eigenvalue weighted by Gasteiger charge is -2.27. The highest BCUT2D eigenvalue weighted by Gasteiger charge is 2.30. The van der Waals surface area contributed by atoms with Gasteiger partial charge in [0.15, 0.2) is 0 Å². The summed E-state index contributed by atoms with van der Waals surface area (Å²) >= 11 is 1.30. The molecule has 0 aliphatic rings. The minimum Gasteiger partial charge on any atom is -0.341 e. The van der Waals surface area contributed by atoms with E-state index in [1.165, 1.54) is 23.9 Å². The van der Waals surface area contributed by atoms with E-state index < -0.39 is 23.7 Å². The fourth-order valence-corrected chi connectivity index (χ4v) is 5.48. The third kappa shape index (κ3) is 8.98. The number of hydrogen-bond donors (Lipinski definition) is 2. The van der Waals surface area contributed by atoms with E-state index >= 15 is 0 Å². The number of benzene rings is 4. The van der Waals surface area contributed by atoms with Crippen LogP contribution in [0.15, 0.2) is 108 Å². The second-order valence-electron chi connectivity index (χ2n) is 10.2. The summed E-state index contributed by atoms with van der Waals surface area (Å²) in [7, 11) is 0. The number of likely N-dealkylation sites (N-methyl/N-ethyl adjacent to an activating group) is 1. The number of amides is 3. The van der Waals surface area contributed by atoms with Gasteiger partial charge in [-0.05, 0) is 72.5 Å². The van der Waals surface area contributed by atoms with Crippen LogP contribution in [0.4, 0.5) is 18.9 Å². The molecule has 0 saturated carbocycles. The number of hydrogen-bond acceptors (Lipinski definition) is 4. The van der Waals surface area contributed by atoms with Crippen molar-refractivity contribution >= 4 is 35.2 Å². The Morgan fingerprint density at radius 3 is 2.09 bits per heavy atom. The van der Waals surface area contributed by atoms with Crippen molar-refractivity contribution in [3.8, 4) is 11.1 Å². The molecule has 4 rings (SSSR count). The first-order valence-corrected chi connectivity index (χ1v) is 15.5. The summed E-state index contributed by atoms with van der Waals surface area (Å²) in [5.74, 6) is -0.759. The summed E-state index contributed by atoms with van der Waals surface area (Å²) in [5.41, 5.74) is 1.78. The molecule has 3 amide bonds. The standard InChI is InChI=1S/C35H34F3N3O3S/c1-3-22-41(4-2)34(44)32(25-10-6-5-7-11-25)40-31(42)23-45-28-20-18-27(19-21-28)39-33(43)30-13-9-8-12-29(30)24-14-16-26(17-15-24)35(36,37)38/h5-21,32H,3-4,22-23H2,1-2H3,(H,39,43)(H,40,42)/t32-/m0/s1. The molecule has 0 aliphatic carbocycles. The van der Waals surface area contributed by atoms with Gasteiger partial charge in [-0.3, -0.25) is 14.4 Å². The van der Waals surface area contributed by atoms with E-state index in [-0.39, 0.29) is 17.6 Å². The van der Waals surface area contributed by atoms with Crippen molar-refractivity contribution in [3.63, 3.8) is 0 Å². The molecular formula is C35H34F3N3O3S. The largest absolute Gasteiger partial charge is 0.416 e. The van der Waals surface area contributed by atoms with E-state index in [1.54, 1.807) is 53.4 Å². The molecule has 0 spiro atoms. The maximum atomic E-state index is 13.3. The average Bonchev–Trinajstić information content (AvgIpc) is 3.05. The molecule has 6 nitrogen and oxygen atoms in total. The highest BCUT2D eigenvalue weighted by atomic mass is 32.2. The third-order valence-electron chi connectivity index (χ3n) is 7.05. The van der Waals surface area contributed by atoms with Gasteiger partial charge in [-0.15, -0.1) is 11.8 Å². The summed E-state index contributed by atoms with van der Waals surface area (Å²) in [4.78, 5) is 41.9. The molecule has 0 aromatic heterocycles. The number of alkyl halides is 3.